The summed E-state index contributed by atoms with van der Waals surface area (Å²) in [5.74, 6) is 0.626. The van der Waals surface area contributed by atoms with Gasteiger partial charge in [0.15, 0.2) is 0 Å². The topological polar surface area (TPSA) is 75.7 Å². The number of sulfonamides is 1. The third-order valence-corrected chi connectivity index (χ3v) is 6.10. The van der Waals surface area contributed by atoms with E-state index in [1.807, 2.05) is 30.3 Å². The number of para-hydroxylation sites is 1. The molecule has 0 bridgehead atoms. The molecule has 3 rings (SSSR count). The summed E-state index contributed by atoms with van der Waals surface area (Å²) < 4.78 is 30.8. The van der Waals surface area contributed by atoms with Gasteiger partial charge in [-0.15, -0.1) is 0 Å². The molecule has 2 aromatic rings. The second-order valence-corrected chi connectivity index (χ2v) is 8.29. The van der Waals surface area contributed by atoms with Crippen molar-refractivity contribution in [3.05, 3.63) is 53.6 Å². The first-order chi connectivity index (χ1) is 12.5. The van der Waals surface area contributed by atoms with Crippen LogP contribution >= 0.6 is 11.6 Å². The SMILES string of the molecule is O=C(CCOc1ccccc1)Nc1ccc(N2CCCS2(=O)=O)c(Cl)c1. The molecule has 2 aromatic carbocycles. The molecular weight excluding hydrogens is 376 g/mol. The lowest BCUT2D eigenvalue weighted by Gasteiger charge is -2.19. The lowest BCUT2D eigenvalue weighted by molar-refractivity contribution is -0.116. The second-order valence-electron chi connectivity index (χ2n) is 5.87. The number of halogens is 1. The van der Waals surface area contributed by atoms with Crippen LogP contribution in [0.5, 0.6) is 5.75 Å². The molecule has 0 aromatic heterocycles. The highest BCUT2D eigenvalue weighted by Gasteiger charge is 2.29. The van der Waals surface area contributed by atoms with E-state index in [2.05, 4.69) is 5.32 Å². The van der Waals surface area contributed by atoms with Crippen LogP contribution in [-0.2, 0) is 14.8 Å². The highest BCUT2D eigenvalue weighted by molar-refractivity contribution is 7.93. The van der Waals surface area contributed by atoms with E-state index in [-0.39, 0.29) is 29.7 Å². The highest BCUT2D eigenvalue weighted by Crippen LogP contribution is 2.33. The van der Waals surface area contributed by atoms with Crippen LogP contribution in [-0.4, -0.2) is 33.2 Å². The fourth-order valence-corrected chi connectivity index (χ4v) is 4.61. The van der Waals surface area contributed by atoms with Crippen LogP contribution in [0.2, 0.25) is 5.02 Å². The van der Waals surface area contributed by atoms with Crippen molar-refractivity contribution in [2.75, 3.05) is 28.5 Å². The minimum Gasteiger partial charge on any atom is -0.493 e. The van der Waals surface area contributed by atoms with Crippen LogP contribution in [0.1, 0.15) is 12.8 Å². The number of carbonyl (C=O) groups excluding carboxylic acids is 1. The normalized spacial score (nSPS) is 15.7. The molecule has 1 fully saturated rings. The number of nitrogens with one attached hydrogen (secondary N) is 1. The average molecular weight is 395 g/mol. The summed E-state index contributed by atoms with van der Waals surface area (Å²) in [6.45, 7) is 0.679. The predicted molar refractivity (Wildman–Crippen MR) is 102 cm³/mol. The molecule has 8 heteroatoms. The molecule has 0 spiro atoms. The number of ether oxygens (including phenoxy) is 1. The number of rotatable bonds is 6. The first-order valence-electron chi connectivity index (χ1n) is 8.23. The monoisotopic (exact) mass is 394 g/mol. The lowest BCUT2D eigenvalue weighted by Crippen LogP contribution is -2.25. The Morgan fingerprint density at radius 3 is 2.62 bits per heavy atom. The van der Waals surface area contributed by atoms with Gasteiger partial charge in [-0.05, 0) is 36.8 Å². The van der Waals surface area contributed by atoms with Crippen LogP contribution in [0.25, 0.3) is 0 Å². The van der Waals surface area contributed by atoms with E-state index in [1.165, 1.54) is 4.31 Å². The Balaban J connectivity index is 1.56. The molecule has 26 heavy (non-hydrogen) atoms. The number of hydrogen-bond acceptors (Lipinski definition) is 4. The van der Waals surface area contributed by atoms with Crippen LogP contribution in [0.15, 0.2) is 48.5 Å². The number of amides is 1. The second kappa shape index (κ2) is 7.97. The maximum atomic E-state index is 12.0. The zero-order chi connectivity index (χ0) is 18.6. The Morgan fingerprint density at radius 1 is 1.19 bits per heavy atom. The summed E-state index contributed by atoms with van der Waals surface area (Å²) >= 11 is 6.22. The minimum absolute atomic E-state index is 0.128. The van der Waals surface area contributed by atoms with Gasteiger partial charge in [0, 0.05) is 12.2 Å². The summed E-state index contributed by atoms with van der Waals surface area (Å²) in [7, 11) is -3.29. The van der Waals surface area contributed by atoms with Crippen molar-refractivity contribution < 1.29 is 17.9 Å². The molecule has 0 aliphatic carbocycles. The van der Waals surface area contributed by atoms with Gasteiger partial charge < -0.3 is 10.1 Å². The van der Waals surface area contributed by atoms with Gasteiger partial charge in [-0.1, -0.05) is 29.8 Å². The number of hydrogen-bond donors (Lipinski definition) is 1. The van der Waals surface area contributed by atoms with E-state index in [4.69, 9.17) is 16.3 Å². The Morgan fingerprint density at radius 2 is 1.96 bits per heavy atom. The van der Waals surface area contributed by atoms with Crippen molar-refractivity contribution in [2.24, 2.45) is 0 Å². The molecule has 0 atom stereocenters. The van der Waals surface area contributed by atoms with Gasteiger partial charge in [0.05, 0.1) is 29.5 Å². The largest absolute Gasteiger partial charge is 0.493 e. The summed E-state index contributed by atoms with van der Waals surface area (Å²) in [5.41, 5.74) is 0.953. The Bertz CT molecular complexity index is 887. The van der Waals surface area contributed by atoms with Gasteiger partial charge in [0.1, 0.15) is 5.75 Å². The van der Waals surface area contributed by atoms with Crippen LogP contribution in [0, 0.1) is 0 Å². The predicted octanol–water partition coefficient (Wildman–Crippen LogP) is 3.29. The van der Waals surface area contributed by atoms with E-state index >= 15 is 0 Å². The molecule has 0 saturated carbocycles. The fourth-order valence-electron chi connectivity index (χ4n) is 2.70. The molecular formula is C18H19ClN2O4S. The van der Waals surface area contributed by atoms with Gasteiger partial charge in [-0.3, -0.25) is 9.10 Å². The van der Waals surface area contributed by atoms with E-state index in [9.17, 15) is 13.2 Å². The third-order valence-electron chi connectivity index (χ3n) is 3.94. The molecule has 1 aliphatic heterocycles. The highest BCUT2D eigenvalue weighted by atomic mass is 35.5. The molecule has 6 nitrogen and oxygen atoms in total. The first kappa shape index (κ1) is 18.5. The molecule has 0 unspecified atom stereocenters. The molecule has 0 radical (unpaired) electrons. The number of carbonyl (C=O) groups is 1. The quantitative estimate of drug-likeness (QED) is 0.815. The Kier molecular flexibility index (Phi) is 5.68. The van der Waals surface area contributed by atoms with E-state index in [0.29, 0.717) is 30.1 Å². The lowest BCUT2D eigenvalue weighted by atomic mass is 10.2. The van der Waals surface area contributed by atoms with Crippen LogP contribution in [0.4, 0.5) is 11.4 Å². The minimum atomic E-state index is -3.29. The Hall–Kier alpha value is -2.25. The summed E-state index contributed by atoms with van der Waals surface area (Å²) in [6.07, 6.45) is 0.771. The third kappa shape index (κ3) is 4.47. The number of benzene rings is 2. The van der Waals surface area contributed by atoms with Crippen molar-refractivity contribution in [1.29, 1.82) is 0 Å². The van der Waals surface area contributed by atoms with Gasteiger partial charge in [0.2, 0.25) is 15.9 Å². The summed E-state index contributed by atoms with van der Waals surface area (Å²) in [6, 6.07) is 14.1. The molecule has 1 N–H and O–H groups in total. The number of anilines is 2. The maximum absolute atomic E-state index is 12.0. The van der Waals surface area contributed by atoms with Crippen molar-refractivity contribution in [2.45, 2.75) is 12.8 Å². The first-order valence-corrected chi connectivity index (χ1v) is 10.2. The Labute approximate surface area is 157 Å². The number of nitrogens with zero attached hydrogens (tertiary/aromatic N) is 1. The van der Waals surface area contributed by atoms with Crippen molar-refractivity contribution in [1.82, 2.24) is 0 Å². The molecule has 1 saturated heterocycles. The van der Waals surface area contributed by atoms with Gasteiger partial charge in [0.25, 0.3) is 0 Å². The molecule has 1 aliphatic rings. The van der Waals surface area contributed by atoms with Crippen LogP contribution in [0.3, 0.4) is 0 Å². The summed E-state index contributed by atoms with van der Waals surface area (Å²) in [4.78, 5) is 12.0. The average Bonchev–Trinajstić information content (AvgIpc) is 2.95. The fraction of sp³-hybridized carbons (Fsp3) is 0.278. The van der Waals surface area contributed by atoms with E-state index in [0.717, 1.165) is 0 Å². The van der Waals surface area contributed by atoms with Crippen LogP contribution < -0.4 is 14.4 Å². The molecule has 1 amide bonds. The van der Waals surface area contributed by atoms with E-state index < -0.39 is 10.0 Å². The summed E-state index contributed by atoms with van der Waals surface area (Å²) in [5, 5.41) is 3.02. The molecule has 1 heterocycles. The van der Waals surface area contributed by atoms with E-state index in [1.54, 1.807) is 18.2 Å². The van der Waals surface area contributed by atoms with Gasteiger partial charge in [-0.25, -0.2) is 8.42 Å². The van der Waals surface area contributed by atoms with Crippen molar-refractivity contribution >= 4 is 38.9 Å². The zero-order valence-electron chi connectivity index (χ0n) is 14.0. The van der Waals surface area contributed by atoms with Gasteiger partial charge >= 0.3 is 0 Å². The van der Waals surface area contributed by atoms with Crippen molar-refractivity contribution in [3.63, 3.8) is 0 Å². The van der Waals surface area contributed by atoms with Gasteiger partial charge in [-0.2, -0.15) is 0 Å². The smallest absolute Gasteiger partial charge is 0.235 e. The standard InChI is InChI=1S/C18H19ClN2O4S/c19-16-13-14(7-8-17(16)21-10-4-12-26(21,23)24)20-18(22)9-11-25-15-5-2-1-3-6-15/h1-3,5-8,13H,4,9-12H2,(H,20,22). The van der Waals surface area contributed by atoms with Crippen molar-refractivity contribution in [3.8, 4) is 5.75 Å². The maximum Gasteiger partial charge on any atom is 0.235 e. The molecule has 138 valence electrons. The zero-order valence-corrected chi connectivity index (χ0v) is 15.6.